The topological polar surface area (TPSA) is 105 Å². The van der Waals surface area contributed by atoms with Gasteiger partial charge in [0.2, 0.25) is 11.8 Å². The van der Waals surface area contributed by atoms with E-state index >= 15 is 0 Å². The highest BCUT2D eigenvalue weighted by Crippen LogP contribution is 2.31. The average molecular weight is 496 g/mol. The Morgan fingerprint density at radius 2 is 1.49 bits per heavy atom. The summed E-state index contributed by atoms with van der Waals surface area (Å²) in [6.07, 6.45) is 0. The Labute approximate surface area is 206 Å². The molecule has 2 N–H and O–H groups in total. The van der Waals surface area contributed by atoms with Gasteiger partial charge in [-0.05, 0) is 86.0 Å². The summed E-state index contributed by atoms with van der Waals surface area (Å²) in [4.78, 5) is 24.2. The van der Waals surface area contributed by atoms with E-state index < -0.39 is 22.5 Å². The van der Waals surface area contributed by atoms with Gasteiger partial charge in [0.25, 0.3) is 10.0 Å². The number of nitrogens with zero attached hydrogens (tertiary/aromatic N) is 1. The van der Waals surface area contributed by atoms with Crippen molar-refractivity contribution >= 4 is 38.9 Å². The van der Waals surface area contributed by atoms with Crippen molar-refractivity contribution < 1.29 is 22.7 Å². The summed E-state index contributed by atoms with van der Waals surface area (Å²) in [6, 6.07) is 16.7. The van der Waals surface area contributed by atoms with Crippen LogP contribution < -0.4 is 19.7 Å². The van der Waals surface area contributed by atoms with E-state index in [1.807, 2.05) is 19.9 Å². The summed E-state index contributed by atoms with van der Waals surface area (Å²) in [6.45, 7) is 6.55. The van der Waals surface area contributed by atoms with E-state index in [-0.39, 0.29) is 16.6 Å². The number of anilines is 3. The summed E-state index contributed by atoms with van der Waals surface area (Å²) in [5, 5.41) is 5.37. The Morgan fingerprint density at radius 1 is 0.857 bits per heavy atom. The van der Waals surface area contributed by atoms with Crippen LogP contribution in [0, 0.1) is 20.8 Å². The van der Waals surface area contributed by atoms with Crippen LogP contribution >= 0.6 is 0 Å². The first-order valence-electron chi connectivity index (χ1n) is 10.9. The molecule has 0 spiro atoms. The summed E-state index contributed by atoms with van der Waals surface area (Å²) in [5.41, 5.74) is 4.06. The predicted octanol–water partition coefficient (Wildman–Crippen LogP) is 4.41. The van der Waals surface area contributed by atoms with Gasteiger partial charge in [-0.2, -0.15) is 0 Å². The van der Waals surface area contributed by atoms with Crippen molar-refractivity contribution in [2.45, 2.75) is 32.6 Å². The van der Waals surface area contributed by atoms with Gasteiger partial charge < -0.3 is 15.4 Å². The van der Waals surface area contributed by atoms with E-state index in [1.165, 1.54) is 20.1 Å². The highest BCUT2D eigenvalue weighted by Gasteiger charge is 2.30. The van der Waals surface area contributed by atoms with Crippen molar-refractivity contribution in [1.82, 2.24) is 0 Å². The number of hydrogen-bond donors (Lipinski definition) is 2. The monoisotopic (exact) mass is 495 g/mol. The third kappa shape index (κ3) is 6.19. The normalized spacial score (nSPS) is 11.0. The Morgan fingerprint density at radius 3 is 2.06 bits per heavy atom. The average Bonchev–Trinajstić information content (AvgIpc) is 2.80. The molecule has 0 saturated heterocycles. The maximum Gasteiger partial charge on any atom is 0.268 e. The van der Waals surface area contributed by atoms with Crippen LogP contribution in [0.5, 0.6) is 5.75 Å². The van der Waals surface area contributed by atoms with Crippen molar-refractivity contribution in [3.05, 3.63) is 77.4 Å². The molecular formula is C26H29N3O5S. The molecule has 2 amide bonds. The van der Waals surface area contributed by atoms with Gasteiger partial charge in [0.15, 0.2) is 0 Å². The Bertz CT molecular complexity index is 1350. The fourth-order valence-corrected chi connectivity index (χ4v) is 5.13. The number of methoxy groups -OCH3 is 1. The van der Waals surface area contributed by atoms with Gasteiger partial charge in [-0.15, -0.1) is 0 Å². The molecule has 0 heterocycles. The molecule has 0 saturated carbocycles. The van der Waals surface area contributed by atoms with Gasteiger partial charge >= 0.3 is 0 Å². The number of sulfonamides is 1. The van der Waals surface area contributed by atoms with E-state index in [0.29, 0.717) is 17.1 Å². The molecule has 0 atom stereocenters. The lowest BCUT2D eigenvalue weighted by Crippen LogP contribution is -2.38. The molecule has 35 heavy (non-hydrogen) atoms. The van der Waals surface area contributed by atoms with Crippen LogP contribution in [0.25, 0.3) is 0 Å². The quantitative estimate of drug-likeness (QED) is 0.482. The number of carbonyl (C=O) groups excluding carboxylic acids is 2. The molecule has 184 valence electrons. The van der Waals surface area contributed by atoms with Gasteiger partial charge in [-0.25, -0.2) is 8.42 Å². The van der Waals surface area contributed by atoms with Crippen LogP contribution in [0.15, 0.2) is 65.6 Å². The van der Waals surface area contributed by atoms with E-state index in [0.717, 1.165) is 21.0 Å². The molecule has 0 aromatic heterocycles. The number of ether oxygens (including phenoxy) is 1. The summed E-state index contributed by atoms with van der Waals surface area (Å²) in [5.74, 6) is -0.535. The van der Waals surface area contributed by atoms with Crippen LogP contribution in [0.2, 0.25) is 0 Å². The molecule has 0 aliphatic carbocycles. The lowest BCUT2D eigenvalue weighted by Gasteiger charge is -2.26. The maximum absolute atomic E-state index is 13.8. The smallest absolute Gasteiger partial charge is 0.268 e. The van der Waals surface area contributed by atoms with Crippen LogP contribution in [0.1, 0.15) is 23.6 Å². The lowest BCUT2D eigenvalue weighted by atomic mass is 10.1. The highest BCUT2D eigenvalue weighted by atomic mass is 32.2. The number of benzene rings is 3. The summed E-state index contributed by atoms with van der Waals surface area (Å²) >= 11 is 0. The molecule has 0 aliphatic heterocycles. The fraction of sp³-hybridized carbons (Fsp3) is 0.231. The van der Waals surface area contributed by atoms with Gasteiger partial charge in [0.1, 0.15) is 17.2 Å². The van der Waals surface area contributed by atoms with Crippen molar-refractivity contribution in [1.29, 1.82) is 0 Å². The predicted molar refractivity (Wildman–Crippen MR) is 138 cm³/mol. The zero-order valence-electron chi connectivity index (χ0n) is 20.4. The molecule has 3 aromatic carbocycles. The van der Waals surface area contributed by atoms with E-state index in [9.17, 15) is 18.0 Å². The van der Waals surface area contributed by atoms with E-state index in [4.69, 9.17) is 4.74 Å². The van der Waals surface area contributed by atoms with Crippen LogP contribution in [0.3, 0.4) is 0 Å². The zero-order chi connectivity index (χ0) is 25.8. The van der Waals surface area contributed by atoms with Gasteiger partial charge in [0.05, 0.1) is 12.8 Å². The first-order valence-corrected chi connectivity index (χ1v) is 12.4. The molecule has 0 bridgehead atoms. The first kappa shape index (κ1) is 25.8. The Balaban J connectivity index is 1.96. The standard InChI is InChI=1S/C26H29N3O5S/c1-17-6-13-24(34-5)25(14-17)35(32,33)29(23-12-7-18(2)19(3)15-23)16-26(31)28-22-10-8-21(9-11-22)27-20(4)30/h6-15H,16H2,1-5H3,(H,27,30)(H,28,31). The number of carbonyl (C=O) groups is 2. The first-order chi connectivity index (χ1) is 16.5. The zero-order valence-corrected chi connectivity index (χ0v) is 21.2. The molecule has 0 aliphatic rings. The van der Waals surface area contributed by atoms with Crippen molar-refractivity contribution in [3.63, 3.8) is 0 Å². The van der Waals surface area contributed by atoms with Crippen LogP contribution in [-0.4, -0.2) is 33.9 Å². The molecule has 8 nitrogen and oxygen atoms in total. The molecule has 3 rings (SSSR count). The third-order valence-electron chi connectivity index (χ3n) is 5.44. The Hall–Kier alpha value is -3.85. The van der Waals surface area contributed by atoms with E-state index in [2.05, 4.69) is 10.6 Å². The fourth-order valence-electron chi connectivity index (χ4n) is 3.47. The van der Waals surface area contributed by atoms with Crippen LogP contribution in [-0.2, 0) is 19.6 Å². The minimum Gasteiger partial charge on any atom is -0.495 e. The second-order valence-electron chi connectivity index (χ2n) is 8.24. The number of nitrogens with one attached hydrogen (secondary N) is 2. The summed E-state index contributed by atoms with van der Waals surface area (Å²) in [7, 11) is -2.75. The SMILES string of the molecule is COc1ccc(C)cc1S(=O)(=O)N(CC(=O)Nc1ccc(NC(C)=O)cc1)c1ccc(C)c(C)c1. The lowest BCUT2D eigenvalue weighted by molar-refractivity contribution is -0.115. The molecule has 0 radical (unpaired) electrons. The largest absolute Gasteiger partial charge is 0.495 e. The van der Waals surface area contributed by atoms with Crippen molar-refractivity contribution in [2.75, 3.05) is 28.6 Å². The number of amides is 2. The van der Waals surface area contributed by atoms with Crippen LogP contribution in [0.4, 0.5) is 17.1 Å². The van der Waals surface area contributed by atoms with Gasteiger partial charge in [-0.3, -0.25) is 13.9 Å². The molecule has 0 fully saturated rings. The highest BCUT2D eigenvalue weighted by molar-refractivity contribution is 7.93. The maximum atomic E-state index is 13.8. The molecular weight excluding hydrogens is 466 g/mol. The van der Waals surface area contributed by atoms with Gasteiger partial charge in [0, 0.05) is 18.3 Å². The molecule has 9 heteroatoms. The Kier molecular flexibility index (Phi) is 7.81. The summed E-state index contributed by atoms with van der Waals surface area (Å²) < 4.78 is 34.0. The van der Waals surface area contributed by atoms with E-state index in [1.54, 1.807) is 55.5 Å². The van der Waals surface area contributed by atoms with Crippen molar-refractivity contribution in [2.24, 2.45) is 0 Å². The minimum absolute atomic E-state index is 0.0225. The second-order valence-corrected chi connectivity index (χ2v) is 10.1. The number of rotatable bonds is 8. The minimum atomic E-state index is -4.16. The number of aryl methyl sites for hydroxylation is 3. The third-order valence-corrected chi connectivity index (χ3v) is 7.24. The molecule has 0 unspecified atom stereocenters. The van der Waals surface area contributed by atoms with Gasteiger partial charge in [-0.1, -0.05) is 12.1 Å². The number of hydrogen-bond acceptors (Lipinski definition) is 5. The van der Waals surface area contributed by atoms with Crippen molar-refractivity contribution in [3.8, 4) is 5.75 Å². The second kappa shape index (κ2) is 10.6. The molecule has 3 aromatic rings.